The molecule has 1 aromatic heterocycles. The Hall–Kier alpha value is -0.990. The van der Waals surface area contributed by atoms with Crippen molar-refractivity contribution in [2.45, 2.75) is 19.9 Å². The molecule has 0 atom stereocenters. The number of benzene rings is 1. The molecule has 0 unspecified atom stereocenters. The first-order chi connectivity index (χ1) is 7.24. The zero-order valence-corrected chi connectivity index (χ0v) is 9.59. The summed E-state index contributed by atoms with van der Waals surface area (Å²) in [6, 6.07) is 6.03. The molecule has 3 heteroatoms. The minimum atomic E-state index is 0.722. The van der Waals surface area contributed by atoms with Crippen molar-refractivity contribution in [1.82, 2.24) is 4.57 Å². The van der Waals surface area contributed by atoms with Gasteiger partial charge in [-0.3, -0.25) is 0 Å². The third-order valence-electron chi connectivity index (χ3n) is 2.65. The van der Waals surface area contributed by atoms with E-state index in [0.29, 0.717) is 0 Å². The Labute approximate surface area is 94.6 Å². The topological polar surface area (TPSA) is 30.9 Å². The average Bonchev–Trinajstić information content (AvgIpc) is 2.54. The fourth-order valence-corrected chi connectivity index (χ4v) is 2.28. The van der Waals surface area contributed by atoms with Crippen LogP contribution in [0.25, 0.3) is 10.9 Å². The highest BCUT2D eigenvalue weighted by atomic mass is 35.5. The molecule has 0 aliphatic rings. The first kappa shape index (κ1) is 10.5. The zero-order chi connectivity index (χ0) is 10.8. The third-order valence-corrected chi connectivity index (χ3v) is 2.96. The third kappa shape index (κ3) is 1.87. The van der Waals surface area contributed by atoms with Crippen LogP contribution < -0.4 is 5.73 Å². The van der Waals surface area contributed by atoms with Crippen LogP contribution in [-0.2, 0) is 6.54 Å². The number of nitrogens with zero attached hydrogens (tertiary/aromatic N) is 1. The Kier molecular flexibility index (Phi) is 2.98. The lowest BCUT2D eigenvalue weighted by Crippen LogP contribution is -2.04. The SMILES string of the molecule is Cc1cn(CCCN)c2cccc(Cl)c12. The maximum Gasteiger partial charge on any atom is 0.0502 e. The van der Waals surface area contributed by atoms with E-state index >= 15 is 0 Å². The minimum Gasteiger partial charge on any atom is -0.347 e. The number of nitrogens with two attached hydrogens (primary N) is 1. The lowest BCUT2D eigenvalue weighted by molar-refractivity contribution is 0.670. The van der Waals surface area contributed by atoms with Crippen LogP contribution in [0.3, 0.4) is 0 Å². The fourth-order valence-electron chi connectivity index (χ4n) is 1.96. The van der Waals surface area contributed by atoms with Crippen LogP contribution in [0.2, 0.25) is 5.02 Å². The van der Waals surface area contributed by atoms with Crippen molar-refractivity contribution in [2.24, 2.45) is 5.73 Å². The number of hydrogen-bond donors (Lipinski definition) is 1. The molecule has 0 spiro atoms. The van der Waals surface area contributed by atoms with E-state index in [2.05, 4.69) is 23.8 Å². The molecule has 2 nitrogen and oxygen atoms in total. The van der Waals surface area contributed by atoms with Gasteiger partial charge >= 0.3 is 0 Å². The predicted octanol–water partition coefficient (Wildman–Crippen LogP) is 2.95. The van der Waals surface area contributed by atoms with Crippen LogP contribution in [0.4, 0.5) is 0 Å². The van der Waals surface area contributed by atoms with Crippen molar-refractivity contribution < 1.29 is 0 Å². The highest BCUT2D eigenvalue weighted by molar-refractivity contribution is 6.35. The summed E-state index contributed by atoms with van der Waals surface area (Å²) in [4.78, 5) is 0. The number of aryl methyl sites for hydroxylation is 2. The summed E-state index contributed by atoms with van der Waals surface area (Å²) in [6.07, 6.45) is 3.14. The molecule has 0 radical (unpaired) electrons. The summed E-state index contributed by atoms with van der Waals surface area (Å²) in [7, 11) is 0. The number of hydrogen-bond acceptors (Lipinski definition) is 1. The molecule has 2 aromatic rings. The lowest BCUT2D eigenvalue weighted by atomic mass is 10.2. The van der Waals surface area contributed by atoms with Gasteiger partial charge in [0.05, 0.1) is 5.02 Å². The van der Waals surface area contributed by atoms with Gasteiger partial charge in [0.15, 0.2) is 0 Å². The zero-order valence-electron chi connectivity index (χ0n) is 8.83. The van der Waals surface area contributed by atoms with Gasteiger partial charge in [0.2, 0.25) is 0 Å². The van der Waals surface area contributed by atoms with Crippen LogP contribution in [0, 0.1) is 6.92 Å². The van der Waals surface area contributed by atoms with Crippen molar-refractivity contribution in [3.63, 3.8) is 0 Å². The molecule has 80 valence electrons. The highest BCUT2D eigenvalue weighted by Crippen LogP contribution is 2.28. The molecule has 2 rings (SSSR count). The van der Waals surface area contributed by atoms with E-state index in [9.17, 15) is 0 Å². The summed E-state index contributed by atoms with van der Waals surface area (Å²) < 4.78 is 2.23. The molecular formula is C12H15ClN2. The van der Waals surface area contributed by atoms with Gasteiger partial charge in [0.1, 0.15) is 0 Å². The molecule has 0 aliphatic carbocycles. The summed E-state index contributed by atoms with van der Waals surface area (Å²) in [5, 5.41) is 1.99. The Morgan fingerprint density at radius 1 is 1.40 bits per heavy atom. The van der Waals surface area contributed by atoms with E-state index in [4.69, 9.17) is 17.3 Å². The van der Waals surface area contributed by atoms with Crippen LogP contribution in [-0.4, -0.2) is 11.1 Å². The molecule has 1 heterocycles. The fraction of sp³-hybridized carbons (Fsp3) is 0.333. The first-order valence-corrected chi connectivity index (χ1v) is 5.56. The van der Waals surface area contributed by atoms with Crippen LogP contribution in [0.15, 0.2) is 24.4 Å². The Morgan fingerprint density at radius 2 is 2.20 bits per heavy atom. The van der Waals surface area contributed by atoms with Gasteiger partial charge in [-0.25, -0.2) is 0 Å². The Morgan fingerprint density at radius 3 is 2.93 bits per heavy atom. The van der Waals surface area contributed by atoms with E-state index < -0.39 is 0 Å². The lowest BCUT2D eigenvalue weighted by Gasteiger charge is -2.03. The molecule has 0 fully saturated rings. The molecule has 0 aliphatic heterocycles. The predicted molar refractivity (Wildman–Crippen MR) is 65.4 cm³/mol. The van der Waals surface area contributed by atoms with E-state index in [1.165, 1.54) is 11.1 Å². The van der Waals surface area contributed by atoms with Gasteiger partial charge in [0, 0.05) is 23.6 Å². The van der Waals surface area contributed by atoms with E-state index in [1.54, 1.807) is 0 Å². The molecule has 15 heavy (non-hydrogen) atoms. The largest absolute Gasteiger partial charge is 0.347 e. The van der Waals surface area contributed by atoms with Gasteiger partial charge in [-0.1, -0.05) is 17.7 Å². The van der Waals surface area contributed by atoms with E-state index in [-0.39, 0.29) is 0 Å². The minimum absolute atomic E-state index is 0.722. The number of rotatable bonds is 3. The van der Waals surface area contributed by atoms with Gasteiger partial charge < -0.3 is 10.3 Å². The van der Waals surface area contributed by atoms with Crippen LogP contribution in [0.5, 0.6) is 0 Å². The maximum absolute atomic E-state index is 6.17. The average molecular weight is 223 g/mol. The Balaban J connectivity index is 2.53. The van der Waals surface area contributed by atoms with Crippen molar-refractivity contribution >= 4 is 22.5 Å². The highest BCUT2D eigenvalue weighted by Gasteiger charge is 2.07. The molecule has 0 bridgehead atoms. The normalized spacial score (nSPS) is 11.1. The van der Waals surface area contributed by atoms with Crippen molar-refractivity contribution in [1.29, 1.82) is 0 Å². The van der Waals surface area contributed by atoms with Crippen LogP contribution in [0.1, 0.15) is 12.0 Å². The van der Waals surface area contributed by atoms with Crippen molar-refractivity contribution in [2.75, 3.05) is 6.54 Å². The number of aromatic nitrogens is 1. The smallest absolute Gasteiger partial charge is 0.0502 e. The summed E-state index contributed by atoms with van der Waals surface area (Å²) in [6.45, 7) is 3.77. The Bertz CT molecular complexity index is 474. The molecule has 0 saturated heterocycles. The van der Waals surface area contributed by atoms with Gasteiger partial charge in [-0.15, -0.1) is 0 Å². The van der Waals surface area contributed by atoms with E-state index in [1.807, 2.05) is 12.1 Å². The summed E-state index contributed by atoms with van der Waals surface area (Å²) in [5.41, 5.74) is 7.95. The molecular weight excluding hydrogens is 208 g/mol. The van der Waals surface area contributed by atoms with E-state index in [0.717, 1.165) is 29.9 Å². The molecule has 0 saturated carbocycles. The van der Waals surface area contributed by atoms with Gasteiger partial charge in [-0.05, 0) is 37.6 Å². The van der Waals surface area contributed by atoms with Gasteiger partial charge in [0.25, 0.3) is 0 Å². The van der Waals surface area contributed by atoms with Crippen LogP contribution >= 0.6 is 11.6 Å². The number of halogens is 1. The molecule has 1 aromatic carbocycles. The second kappa shape index (κ2) is 4.25. The summed E-state index contributed by atoms with van der Waals surface area (Å²) >= 11 is 6.17. The van der Waals surface area contributed by atoms with Crippen molar-refractivity contribution in [3.05, 3.63) is 35.0 Å². The maximum atomic E-state index is 6.17. The van der Waals surface area contributed by atoms with Crippen molar-refractivity contribution in [3.8, 4) is 0 Å². The first-order valence-electron chi connectivity index (χ1n) is 5.18. The summed E-state index contributed by atoms with van der Waals surface area (Å²) in [5.74, 6) is 0. The second-order valence-electron chi connectivity index (χ2n) is 3.78. The number of fused-ring (bicyclic) bond motifs is 1. The molecule has 0 amide bonds. The van der Waals surface area contributed by atoms with Gasteiger partial charge in [-0.2, -0.15) is 0 Å². The second-order valence-corrected chi connectivity index (χ2v) is 4.19. The molecule has 2 N–H and O–H groups in total. The monoisotopic (exact) mass is 222 g/mol. The quantitative estimate of drug-likeness (QED) is 0.851. The standard InChI is InChI=1S/C12H15ClN2/c1-9-8-15(7-3-6-14)11-5-2-4-10(13)12(9)11/h2,4-5,8H,3,6-7,14H2,1H3.